The monoisotopic (exact) mass is 299 g/mol. The maximum absolute atomic E-state index is 13.7. The van der Waals surface area contributed by atoms with Crippen LogP contribution in [0.15, 0.2) is 18.2 Å². The molecule has 1 fully saturated rings. The first-order valence-electron chi connectivity index (χ1n) is 6.76. The number of hydrogen-bond acceptors (Lipinski definition) is 4. The second kappa shape index (κ2) is 6.82. The summed E-state index contributed by atoms with van der Waals surface area (Å²) in [5, 5.41) is 2.77. The van der Waals surface area contributed by atoms with Crippen molar-refractivity contribution in [2.75, 3.05) is 31.7 Å². The number of nitrogens with one attached hydrogen (secondary N) is 1. The van der Waals surface area contributed by atoms with Gasteiger partial charge in [-0.1, -0.05) is 6.07 Å². The molecule has 1 amide bonds. The minimum absolute atomic E-state index is 0.0459. The Kier molecular flexibility index (Phi) is 5.08. The lowest BCUT2D eigenvalue weighted by Gasteiger charge is -2.21. The first-order chi connectivity index (χ1) is 10.0. The lowest BCUT2D eigenvalue weighted by molar-refractivity contribution is -0.124. The second-order valence-electron chi connectivity index (χ2n) is 5.07. The SMILES string of the molecule is COCC(N)C(=O)NC1CCN(c2c(F)cccc2F)C1. The molecule has 1 saturated heterocycles. The van der Waals surface area contributed by atoms with E-state index in [0.717, 1.165) is 0 Å². The van der Waals surface area contributed by atoms with Gasteiger partial charge in [-0.3, -0.25) is 4.79 Å². The summed E-state index contributed by atoms with van der Waals surface area (Å²) >= 11 is 0. The summed E-state index contributed by atoms with van der Waals surface area (Å²) in [7, 11) is 1.46. The van der Waals surface area contributed by atoms with Gasteiger partial charge in [0.05, 0.1) is 6.61 Å². The van der Waals surface area contributed by atoms with E-state index in [2.05, 4.69) is 5.32 Å². The number of benzene rings is 1. The molecule has 1 aliphatic heterocycles. The molecule has 0 aliphatic carbocycles. The predicted octanol–water partition coefficient (Wildman–Crippen LogP) is 0.633. The number of carbonyl (C=O) groups excluding carboxylic acids is 1. The van der Waals surface area contributed by atoms with Gasteiger partial charge in [0.1, 0.15) is 23.4 Å². The molecule has 5 nitrogen and oxygen atoms in total. The average molecular weight is 299 g/mol. The van der Waals surface area contributed by atoms with E-state index in [9.17, 15) is 13.6 Å². The van der Waals surface area contributed by atoms with Crippen LogP contribution in [0.3, 0.4) is 0 Å². The molecule has 7 heteroatoms. The van der Waals surface area contributed by atoms with Gasteiger partial charge in [-0.05, 0) is 18.6 Å². The van der Waals surface area contributed by atoms with Crippen LogP contribution in [0.25, 0.3) is 0 Å². The number of methoxy groups -OCH3 is 1. The van der Waals surface area contributed by atoms with E-state index in [1.54, 1.807) is 4.90 Å². The number of hydrogen-bond donors (Lipinski definition) is 2. The number of halogens is 2. The summed E-state index contributed by atoms with van der Waals surface area (Å²) in [6.07, 6.45) is 0.610. The van der Waals surface area contributed by atoms with Gasteiger partial charge in [0, 0.05) is 26.2 Å². The largest absolute Gasteiger partial charge is 0.383 e. The van der Waals surface area contributed by atoms with E-state index < -0.39 is 17.7 Å². The molecule has 21 heavy (non-hydrogen) atoms. The van der Waals surface area contributed by atoms with Gasteiger partial charge in [0.25, 0.3) is 0 Å². The molecule has 0 aromatic heterocycles. The zero-order valence-corrected chi connectivity index (χ0v) is 11.8. The zero-order valence-electron chi connectivity index (χ0n) is 11.8. The Morgan fingerprint density at radius 2 is 2.19 bits per heavy atom. The average Bonchev–Trinajstić information content (AvgIpc) is 2.87. The number of nitrogens with zero attached hydrogens (tertiary/aromatic N) is 1. The van der Waals surface area contributed by atoms with E-state index in [1.165, 1.54) is 25.3 Å². The number of para-hydroxylation sites is 1. The highest BCUT2D eigenvalue weighted by Gasteiger charge is 2.28. The van der Waals surface area contributed by atoms with Crippen molar-refractivity contribution >= 4 is 11.6 Å². The van der Waals surface area contributed by atoms with Crippen molar-refractivity contribution in [1.29, 1.82) is 0 Å². The molecule has 1 aromatic carbocycles. The number of anilines is 1. The number of carbonyl (C=O) groups is 1. The van der Waals surface area contributed by atoms with Crippen LogP contribution in [0.1, 0.15) is 6.42 Å². The fourth-order valence-corrected chi connectivity index (χ4v) is 2.44. The Labute approximate surface area is 122 Å². The van der Waals surface area contributed by atoms with E-state index in [-0.39, 0.29) is 24.2 Å². The molecule has 0 spiro atoms. The van der Waals surface area contributed by atoms with Crippen LogP contribution < -0.4 is 16.0 Å². The quantitative estimate of drug-likeness (QED) is 0.837. The summed E-state index contributed by atoms with van der Waals surface area (Å²) < 4.78 is 32.2. The van der Waals surface area contributed by atoms with Crippen LogP contribution in [0.5, 0.6) is 0 Å². The predicted molar refractivity (Wildman–Crippen MR) is 75.0 cm³/mol. The Hall–Kier alpha value is -1.73. The third-order valence-corrected chi connectivity index (χ3v) is 3.47. The minimum Gasteiger partial charge on any atom is -0.383 e. The lowest BCUT2D eigenvalue weighted by Crippen LogP contribution is -2.48. The molecule has 2 rings (SSSR count). The summed E-state index contributed by atoms with van der Waals surface area (Å²) in [6.45, 7) is 0.954. The molecule has 0 saturated carbocycles. The third kappa shape index (κ3) is 3.68. The van der Waals surface area contributed by atoms with E-state index in [1.807, 2.05) is 0 Å². The van der Waals surface area contributed by atoms with Gasteiger partial charge in [0.2, 0.25) is 5.91 Å². The highest BCUT2D eigenvalue weighted by Crippen LogP contribution is 2.26. The Bertz CT molecular complexity index is 493. The highest BCUT2D eigenvalue weighted by molar-refractivity contribution is 5.82. The number of ether oxygens (including phenoxy) is 1. The van der Waals surface area contributed by atoms with Crippen LogP contribution >= 0.6 is 0 Å². The van der Waals surface area contributed by atoms with Gasteiger partial charge in [-0.15, -0.1) is 0 Å². The van der Waals surface area contributed by atoms with E-state index >= 15 is 0 Å². The van der Waals surface area contributed by atoms with Crippen LogP contribution in [0.2, 0.25) is 0 Å². The zero-order chi connectivity index (χ0) is 15.4. The first kappa shape index (κ1) is 15.7. The van der Waals surface area contributed by atoms with E-state index in [4.69, 9.17) is 10.5 Å². The third-order valence-electron chi connectivity index (χ3n) is 3.47. The Balaban J connectivity index is 1.96. The van der Waals surface area contributed by atoms with Gasteiger partial charge >= 0.3 is 0 Å². The van der Waals surface area contributed by atoms with Crippen LogP contribution in [0.4, 0.5) is 14.5 Å². The van der Waals surface area contributed by atoms with Crippen molar-refractivity contribution < 1.29 is 18.3 Å². The van der Waals surface area contributed by atoms with Crippen molar-refractivity contribution in [1.82, 2.24) is 5.32 Å². The molecule has 1 aliphatic rings. The fourth-order valence-electron chi connectivity index (χ4n) is 2.44. The molecule has 2 atom stereocenters. The van der Waals surface area contributed by atoms with E-state index in [0.29, 0.717) is 19.5 Å². The maximum Gasteiger partial charge on any atom is 0.239 e. The highest BCUT2D eigenvalue weighted by atomic mass is 19.1. The fraction of sp³-hybridized carbons (Fsp3) is 0.500. The number of amides is 1. The number of nitrogens with two attached hydrogens (primary N) is 1. The molecule has 1 heterocycles. The van der Waals surface area contributed by atoms with Crippen LogP contribution in [-0.2, 0) is 9.53 Å². The van der Waals surface area contributed by atoms with Gasteiger partial charge in [-0.2, -0.15) is 0 Å². The summed E-state index contributed by atoms with van der Waals surface area (Å²) in [5.74, 6) is -1.52. The van der Waals surface area contributed by atoms with Crippen molar-refractivity contribution in [3.05, 3.63) is 29.8 Å². The number of rotatable bonds is 5. The molecular weight excluding hydrogens is 280 g/mol. The topological polar surface area (TPSA) is 67.6 Å². The van der Waals surface area contributed by atoms with Crippen LogP contribution in [0, 0.1) is 11.6 Å². The minimum atomic E-state index is -0.741. The van der Waals surface area contributed by atoms with Crippen molar-refractivity contribution in [3.8, 4) is 0 Å². The van der Waals surface area contributed by atoms with Gasteiger partial charge < -0.3 is 20.7 Å². The normalized spacial score (nSPS) is 19.6. The standard InChI is InChI=1S/C14H19F2N3O2/c1-21-8-12(17)14(20)18-9-5-6-19(7-9)13-10(15)3-2-4-11(13)16/h2-4,9,12H,5-8,17H2,1H3,(H,18,20). The van der Waals surface area contributed by atoms with Crippen molar-refractivity contribution in [2.24, 2.45) is 5.73 Å². The van der Waals surface area contributed by atoms with Crippen LogP contribution in [-0.4, -0.2) is 44.8 Å². The van der Waals surface area contributed by atoms with Crippen molar-refractivity contribution in [2.45, 2.75) is 18.5 Å². The lowest BCUT2D eigenvalue weighted by atomic mass is 10.2. The molecular formula is C14H19F2N3O2. The van der Waals surface area contributed by atoms with Gasteiger partial charge in [-0.25, -0.2) is 8.78 Å². The molecule has 0 bridgehead atoms. The summed E-state index contributed by atoms with van der Waals surface area (Å²) in [5.41, 5.74) is 5.58. The molecule has 3 N–H and O–H groups in total. The maximum atomic E-state index is 13.7. The summed E-state index contributed by atoms with van der Waals surface area (Å²) in [6, 6.07) is 2.85. The molecule has 2 unspecified atom stereocenters. The molecule has 0 radical (unpaired) electrons. The summed E-state index contributed by atoms with van der Waals surface area (Å²) in [4.78, 5) is 13.4. The van der Waals surface area contributed by atoms with Crippen molar-refractivity contribution in [3.63, 3.8) is 0 Å². The second-order valence-corrected chi connectivity index (χ2v) is 5.07. The Morgan fingerprint density at radius 3 is 2.81 bits per heavy atom. The Morgan fingerprint density at radius 1 is 1.52 bits per heavy atom. The first-order valence-corrected chi connectivity index (χ1v) is 6.76. The molecule has 116 valence electrons. The molecule has 1 aromatic rings. The van der Waals surface area contributed by atoms with Gasteiger partial charge in [0.15, 0.2) is 0 Å². The smallest absolute Gasteiger partial charge is 0.239 e.